The van der Waals surface area contributed by atoms with E-state index in [1.165, 1.54) is 0 Å². The molecule has 1 aliphatic carbocycles. The van der Waals surface area contributed by atoms with Gasteiger partial charge in [0.25, 0.3) is 0 Å². The van der Waals surface area contributed by atoms with Crippen LogP contribution in [0.3, 0.4) is 0 Å². The number of hydrogen-bond acceptors (Lipinski definition) is 6. The summed E-state index contributed by atoms with van der Waals surface area (Å²) in [6, 6.07) is 0.405. The standard InChI is InChI=1S/C24H24F6N6O/c1-11-31-23(37-34-11)35-9-12-2-3-13(10-35)16(12)8-19-32-22-15(14-4-6-17(25)21(27)20(14)26)5-7-18(24(28,29)30)36(22)33-19/h4,6,12-13,15-16,18H,2-3,5,7-10H2,1H3/t12-,13+,15?,16?,18?. The molecular formula is C24H24F6N6O. The van der Waals surface area contributed by atoms with Crippen molar-refractivity contribution in [2.45, 2.75) is 57.2 Å². The van der Waals surface area contributed by atoms with Crippen LogP contribution >= 0.6 is 0 Å². The Labute approximate surface area is 207 Å². The minimum Gasteiger partial charge on any atom is -0.324 e. The van der Waals surface area contributed by atoms with Crippen LogP contribution in [-0.4, -0.2) is 44.2 Å². The topological polar surface area (TPSA) is 72.9 Å². The van der Waals surface area contributed by atoms with E-state index in [1.807, 2.05) is 4.90 Å². The third-order valence-corrected chi connectivity index (χ3v) is 8.09. The lowest BCUT2D eigenvalue weighted by Gasteiger charge is -2.36. The molecule has 3 unspecified atom stereocenters. The fourth-order valence-corrected chi connectivity index (χ4v) is 6.37. The molecule has 2 fully saturated rings. The molecule has 2 bridgehead atoms. The molecule has 3 aromatic rings. The Hall–Kier alpha value is -3.12. The van der Waals surface area contributed by atoms with Gasteiger partial charge in [-0.25, -0.2) is 22.8 Å². The summed E-state index contributed by atoms with van der Waals surface area (Å²) in [4.78, 5) is 10.8. The number of halogens is 6. The number of nitrogens with zero attached hydrogens (tertiary/aromatic N) is 6. The van der Waals surface area contributed by atoms with Gasteiger partial charge in [0, 0.05) is 31.0 Å². The van der Waals surface area contributed by atoms with Crippen LogP contribution in [0.5, 0.6) is 0 Å². The van der Waals surface area contributed by atoms with E-state index < -0.39 is 35.6 Å². The quantitative estimate of drug-likeness (QED) is 0.347. The van der Waals surface area contributed by atoms with Crippen LogP contribution in [0.15, 0.2) is 16.7 Å². The molecule has 4 heterocycles. The monoisotopic (exact) mass is 526 g/mol. The Morgan fingerprint density at radius 2 is 1.70 bits per heavy atom. The molecular weight excluding hydrogens is 502 g/mol. The number of hydrogen-bond donors (Lipinski definition) is 0. The van der Waals surface area contributed by atoms with E-state index >= 15 is 0 Å². The molecule has 1 saturated carbocycles. The number of benzene rings is 1. The van der Waals surface area contributed by atoms with Gasteiger partial charge in [0.2, 0.25) is 0 Å². The van der Waals surface area contributed by atoms with Crippen LogP contribution in [0.25, 0.3) is 0 Å². The zero-order valence-electron chi connectivity index (χ0n) is 19.9. The van der Waals surface area contributed by atoms with Crippen molar-refractivity contribution >= 4 is 6.01 Å². The van der Waals surface area contributed by atoms with Crippen molar-refractivity contribution in [3.05, 3.63) is 52.6 Å². The van der Waals surface area contributed by atoms with E-state index in [4.69, 9.17) is 4.52 Å². The van der Waals surface area contributed by atoms with Gasteiger partial charge in [0.15, 0.2) is 29.1 Å². The van der Waals surface area contributed by atoms with Crippen molar-refractivity contribution in [3.8, 4) is 0 Å². The van der Waals surface area contributed by atoms with Gasteiger partial charge in [0.05, 0.1) is 0 Å². The van der Waals surface area contributed by atoms with Crippen molar-refractivity contribution in [2.75, 3.05) is 18.0 Å². The number of anilines is 1. The molecule has 2 aromatic heterocycles. The first kappa shape index (κ1) is 24.2. The lowest BCUT2D eigenvalue weighted by atomic mass is 9.82. The normalized spacial score (nSPS) is 27.5. The highest BCUT2D eigenvalue weighted by Crippen LogP contribution is 2.47. The second-order valence-electron chi connectivity index (χ2n) is 10.3. The Morgan fingerprint density at radius 3 is 2.35 bits per heavy atom. The fraction of sp³-hybridized carbons (Fsp3) is 0.583. The molecule has 0 N–H and O–H groups in total. The van der Waals surface area contributed by atoms with E-state index in [2.05, 4.69) is 20.2 Å². The predicted octanol–water partition coefficient (Wildman–Crippen LogP) is 5.12. The fourth-order valence-electron chi connectivity index (χ4n) is 6.37. The summed E-state index contributed by atoms with van der Waals surface area (Å²) in [5, 5.41) is 8.10. The molecule has 1 saturated heterocycles. The van der Waals surface area contributed by atoms with E-state index in [0.29, 0.717) is 31.3 Å². The smallest absolute Gasteiger partial charge is 0.324 e. The summed E-state index contributed by atoms with van der Waals surface area (Å²) in [6.45, 7) is 3.11. The summed E-state index contributed by atoms with van der Waals surface area (Å²) >= 11 is 0. The van der Waals surface area contributed by atoms with Crippen molar-refractivity contribution in [2.24, 2.45) is 17.8 Å². The van der Waals surface area contributed by atoms with Crippen molar-refractivity contribution in [3.63, 3.8) is 0 Å². The number of aromatic nitrogens is 5. The van der Waals surface area contributed by atoms with Crippen LogP contribution in [0, 0.1) is 42.1 Å². The van der Waals surface area contributed by atoms with Gasteiger partial charge in [-0.2, -0.15) is 23.3 Å². The summed E-state index contributed by atoms with van der Waals surface area (Å²) in [7, 11) is 0. The maximum Gasteiger partial charge on any atom is 0.410 e. The van der Waals surface area contributed by atoms with Gasteiger partial charge in [-0.15, -0.1) is 0 Å². The van der Waals surface area contributed by atoms with Gasteiger partial charge in [0.1, 0.15) is 11.9 Å². The lowest BCUT2D eigenvalue weighted by molar-refractivity contribution is -0.175. The molecule has 6 rings (SSSR count). The molecule has 37 heavy (non-hydrogen) atoms. The third-order valence-electron chi connectivity index (χ3n) is 8.09. The molecule has 0 amide bonds. The maximum atomic E-state index is 14.6. The minimum atomic E-state index is -4.58. The Morgan fingerprint density at radius 1 is 0.973 bits per heavy atom. The minimum absolute atomic E-state index is 0.0698. The van der Waals surface area contributed by atoms with Crippen molar-refractivity contribution in [1.29, 1.82) is 0 Å². The molecule has 5 atom stereocenters. The summed E-state index contributed by atoms with van der Waals surface area (Å²) < 4.78 is 89.8. The summed E-state index contributed by atoms with van der Waals surface area (Å²) in [5.41, 5.74) is -0.219. The lowest BCUT2D eigenvalue weighted by Crippen LogP contribution is -2.43. The van der Waals surface area contributed by atoms with E-state index in [-0.39, 0.29) is 47.8 Å². The highest BCUT2D eigenvalue weighted by molar-refractivity contribution is 5.31. The van der Waals surface area contributed by atoms with E-state index in [0.717, 1.165) is 29.7 Å². The Balaban J connectivity index is 1.30. The molecule has 3 aliphatic rings. The molecule has 1 aromatic carbocycles. The maximum absolute atomic E-state index is 14.6. The second kappa shape index (κ2) is 8.73. The molecule has 0 radical (unpaired) electrons. The Bertz CT molecular complexity index is 1310. The van der Waals surface area contributed by atoms with E-state index in [9.17, 15) is 26.3 Å². The zero-order valence-corrected chi connectivity index (χ0v) is 19.9. The number of piperidine rings is 1. The highest BCUT2D eigenvalue weighted by atomic mass is 19.4. The molecule has 2 aliphatic heterocycles. The first-order valence-electron chi connectivity index (χ1n) is 12.3. The third kappa shape index (κ3) is 4.15. The van der Waals surface area contributed by atoms with Crippen LogP contribution in [-0.2, 0) is 6.42 Å². The average molecular weight is 526 g/mol. The number of aryl methyl sites for hydroxylation is 1. The van der Waals surface area contributed by atoms with Gasteiger partial charge >= 0.3 is 12.2 Å². The molecule has 0 spiro atoms. The van der Waals surface area contributed by atoms with Crippen LogP contribution in [0.1, 0.15) is 60.7 Å². The average Bonchev–Trinajstić information content (AvgIpc) is 3.52. The summed E-state index contributed by atoms with van der Waals surface area (Å²) in [5.74, 6) is -3.98. The van der Waals surface area contributed by atoms with Gasteiger partial charge < -0.3 is 9.42 Å². The van der Waals surface area contributed by atoms with E-state index in [1.54, 1.807) is 6.92 Å². The van der Waals surface area contributed by atoms with Crippen LogP contribution in [0.2, 0.25) is 0 Å². The van der Waals surface area contributed by atoms with Crippen molar-refractivity contribution in [1.82, 2.24) is 24.9 Å². The number of fused-ring (bicyclic) bond motifs is 3. The van der Waals surface area contributed by atoms with Crippen molar-refractivity contribution < 1.29 is 30.9 Å². The molecule has 198 valence electrons. The zero-order chi connectivity index (χ0) is 26.1. The summed E-state index contributed by atoms with van der Waals surface area (Å²) in [6.07, 6.45) is -2.76. The molecule has 7 nitrogen and oxygen atoms in total. The first-order chi connectivity index (χ1) is 17.6. The largest absolute Gasteiger partial charge is 0.410 e. The van der Waals surface area contributed by atoms with Crippen LogP contribution < -0.4 is 4.90 Å². The van der Waals surface area contributed by atoms with Crippen LogP contribution in [0.4, 0.5) is 32.4 Å². The van der Waals surface area contributed by atoms with Gasteiger partial charge in [-0.1, -0.05) is 11.2 Å². The second-order valence-corrected chi connectivity index (χ2v) is 10.3. The SMILES string of the molecule is Cc1noc(N2C[C@H]3CC[C@@H](C2)C3Cc2nc3n(n2)C(C(F)(F)F)CCC3c2ccc(F)c(F)c2F)n1. The predicted molar refractivity (Wildman–Crippen MR) is 117 cm³/mol. The number of alkyl halides is 3. The number of rotatable bonds is 4. The first-order valence-corrected chi connectivity index (χ1v) is 12.3. The van der Waals surface area contributed by atoms with Gasteiger partial charge in [-0.3, -0.25) is 0 Å². The Kier molecular flexibility index (Phi) is 5.72. The molecule has 13 heteroatoms. The van der Waals surface area contributed by atoms with Gasteiger partial charge in [-0.05, 0) is 56.4 Å². The highest BCUT2D eigenvalue weighted by Gasteiger charge is 2.48.